The standard InChI is InChI=1S/C14H15BrN4O4S2/c1-9-13(24-14(21)17-9)25(22,23)19-4-2-18(3-5-19)12(20)10-6-11(15)8-16-7-10/h6-8H,2-5H2,1H3,(H,17,21). The first-order valence-electron chi connectivity index (χ1n) is 7.39. The van der Waals surface area contributed by atoms with Crippen molar-refractivity contribution in [2.75, 3.05) is 26.2 Å². The smallest absolute Gasteiger partial charge is 0.305 e. The third-order valence-electron chi connectivity index (χ3n) is 3.83. The monoisotopic (exact) mass is 446 g/mol. The number of nitrogens with one attached hydrogen (secondary N) is 1. The lowest BCUT2D eigenvalue weighted by Crippen LogP contribution is -2.50. The number of hydrogen-bond acceptors (Lipinski definition) is 6. The van der Waals surface area contributed by atoms with Crippen molar-refractivity contribution in [3.05, 3.63) is 43.9 Å². The van der Waals surface area contributed by atoms with Crippen LogP contribution in [0.3, 0.4) is 0 Å². The zero-order valence-corrected chi connectivity index (χ0v) is 16.4. The summed E-state index contributed by atoms with van der Waals surface area (Å²) >= 11 is 3.96. The average Bonchev–Trinajstić information content (AvgIpc) is 2.93. The molecule has 2 aromatic rings. The number of rotatable bonds is 3. The molecule has 0 aliphatic carbocycles. The number of aromatic nitrogens is 2. The molecule has 1 N–H and O–H groups in total. The molecule has 1 saturated heterocycles. The predicted octanol–water partition coefficient (Wildman–Crippen LogP) is 1.05. The van der Waals surface area contributed by atoms with Crippen LogP contribution in [-0.4, -0.2) is 59.7 Å². The maximum absolute atomic E-state index is 12.7. The summed E-state index contributed by atoms with van der Waals surface area (Å²) in [5.74, 6) is -0.187. The quantitative estimate of drug-likeness (QED) is 0.758. The van der Waals surface area contributed by atoms with Crippen LogP contribution in [0.2, 0.25) is 0 Å². The second-order valence-corrected chi connectivity index (χ2v) is 9.55. The number of aryl methyl sites for hydroxylation is 1. The van der Waals surface area contributed by atoms with Gasteiger partial charge in [0.15, 0.2) is 4.21 Å². The third kappa shape index (κ3) is 3.68. The van der Waals surface area contributed by atoms with Gasteiger partial charge in [-0.15, -0.1) is 0 Å². The largest absolute Gasteiger partial charge is 0.336 e. The molecular formula is C14H15BrN4O4S2. The highest BCUT2D eigenvalue weighted by Gasteiger charge is 2.32. The van der Waals surface area contributed by atoms with E-state index in [-0.39, 0.29) is 36.3 Å². The molecule has 1 aliphatic rings. The first-order chi connectivity index (χ1) is 11.8. The fraction of sp³-hybridized carbons (Fsp3) is 0.357. The Bertz CT molecular complexity index is 961. The molecule has 25 heavy (non-hydrogen) atoms. The minimum absolute atomic E-state index is 0.0356. The highest BCUT2D eigenvalue weighted by molar-refractivity contribution is 9.10. The Morgan fingerprint density at radius 3 is 2.52 bits per heavy atom. The van der Waals surface area contributed by atoms with E-state index >= 15 is 0 Å². The molecule has 0 radical (unpaired) electrons. The number of carbonyl (C=O) groups excluding carboxylic acids is 1. The lowest BCUT2D eigenvalue weighted by atomic mass is 10.2. The summed E-state index contributed by atoms with van der Waals surface area (Å²) in [6, 6.07) is 1.68. The van der Waals surface area contributed by atoms with E-state index in [2.05, 4.69) is 25.9 Å². The van der Waals surface area contributed by atoms with Gasteiger partial charge in [-0.05, 0) is 28.9 Å². The Kier molecular flexibility index (Phi) is 5.09. The van der Waals surface area contributed by atoms with Crippen LogP contribution in [-0.2, 0) is 10.0 Å². The molecule has 1 aliphatic heterocycles. The van der Waals surface area contributed by atoms with Crippen molar-refractivity contribution in [3.8, 4) is 0 Å². The number of piperazine rings is 1. The SMILES string of the molecule is Cc1[nH]c(=O)sc1S(=O)(=O)N1CCN(C(=O)c2cncc(Br)c2)CC1. The molecule has 0 unspecified atom stereocenters. The maximum Gasteiger partial charge on any atom is 0.305 e. The van der Waals surface area contributed by atoms with E-state index < -0.39 is 14.9 Å². The van der Waals surface area contributed by atoms with Crippen LogP contribution in [0, 0.1) is 6.92 Å². The number of aromatic amines is 1. The normalized spacial score (nSPS) is 16.2. The summed E-state index contributed by atoms with van der Waals surface area (Å²) in [5, 5.41) is 0. The molecule has 1 amide bonds. The van der Waals surface area contributed by atoms with Crippen LogP contribution >= 0.6 is 27.3 Å². The van der Waals surface area contributed by atoms with Gasteiger partial charge in [0.1, 0.15) is 0 Å². The number of sulfonamides is 1. The van der Waals surface area contributed by atoms with Crippen LogP contribution < -0.4 is 4.87 Å². The maximum atomic E-state index is 12.7. The first-order valence-corrected chi connectivity index (χ1v) is 10.4. The van der Waals surface area contributed by atoms with Crippen molar-refractivity contribution in [2.24, 2.45) is 0 Å². The minimum Gasteiger partial charge on any atom is -0.336 e. The fourth-order valence-corrected chi connectivity index (χ4v) is 5.82. The van der Waals surface area contributed by atoms with Crippen LogP contribution in [0.4, 0.5) is 0 Å². The zero-order valence-electron chi connectivity index (χ0n) is 13.2. The van der Waals surface area contributed by atoms with Crippen molar-refractivity contribution in [3.63, 3.8) is 0 Å². The van der Waals surface area contributed by atoms with Crippen molar-refractivity contribution in [1.29, 1.82) is 0 Å². The van der Waals surface area contributed by atoms with Crippen LogP contribution in [0.1, 0.15) is 16.1 Å². The number of amides is 1. The molecule has 1 fully saturated rings. The lowest BCUT2D eigenvalue weighted by Gasteiger charge is -2.33. The first kappa shape index (κ1) is 18.2. The predicted molar refractivity (Wildman–Crippen MR) is 96.3 cm³/mol. The van der Waals surface area contributed by atoms with Gasteiger partial charge < -0.3 is 9.88 Å². The number of halogens is 1. The molecule has 8 nitrogen and oxygen atoms in total. The molecular weight excluding hydrogens is 432 g/mol. The van der Waals surface area contributed by atoms with Crippen LogP contribution in [0.5, 0.6) is 0 Å². The summed E-state index contributed by atoms with van der Waals surface area (Å²) in [6.07, 6.45) is 3.07. The topological polar surface area (TPSA) is 103 Å². The van der Waals surface area contributed by atoms with E-state index in [0.717, 1.165) is 0 Å². The summed E-state index contributed by atoms with van der Waals surface area (Å²) in [6.45, 7) is 2.48. The van der Waals surface area contributed by atoms with Crippen molar-refractivity contribution < 1.29 is 13.2 Å². The lowest BCUT2D eigenvalue weighted by molar-refractivity contribution is 0.0697. The fourth-order valence-electron chi connectivity index (χ4n) is 2.60. The molecule has 0 saturated carbocycles. The van der Waals surface area contributed by atoms with E-state index in [4.69, 9.17) is 0 Å². The Hall–Kier alpha value is -1.56. The summed E-state index contributed by atoms with van der Waals surface area (Å²) in [7, 11) is -3.73. The number of thiazole rings is 1. The molecule has 2 aromatic heterocycles. The van der Waals surface area contributed by atoms with E-state index in [9.17, 15) is 18.0 Å². The molecule has 0 atom stereocenters. The second kappa shape index (κ2) is 6.98. The second-order valence-electron chi connectivity index (χ2n) is 5.52. The van der Waals surface area contributed by atoms with Gasteiger partial charge in [-0.25, -0.2) is 8.42 Å². The molecule has 3 rings (SSSR count). The van der Waals surface area contributed by atoms with Crippen molar-refractivity contribution in [1.82, 2.24) is 19.2 Å². The molecule has 0 bridgehead atoms. The van der Waals surface area contributed by atoms with E-state index in [1.54, 1.807) is 24.1 Å². The number of H-pyrrole nitrogens is 1. The van der Waals surface area contributed by atoms with Gasteiger partial charge >= 0.3 is 4.87 Å². The Morgan fingerprint density at radius 1 is 1.28 bits per heavy atom. The summed E-state index contributed by atoms with van der Waals surface area (Å²) in [5.41, 5.74) is 0.791. The number of nitrogens with zero attached hydrogens (tertiary/aromatic N) is 3. The third-order valence-corrected chi connectivity index (χ3v) is 7.75. The van der Waals surface area contributed by atoms with Crippen LogP contribution in [0.25, 0.3) is 0 Å². The number of pyridine rings is 1. The van der Waals surface area contributed by atoms with Crippen LogP contribution in [0.15, 0.2) is 31.9 Å². The van der Waals surface area contributed by atoms with Gasteiger partial charge in [0.05, 0.1) is 5.56 Å². The van der Waals surface area contributed by atoms with Gasteiger partial charge in [0.25, 0.3) is 15.9 Å². The molecule has 3 heterocycles. The van der Waals surface area contributed by atoms with Gasteiger partial charge in [0, 0.05) is 48.7 Å². The highest BCUT2D eigenvalue weighted by Crippen LogP contribution is 2.23. The van der Waals surface area contributed by atoms with Gasteiger partial charge in [-0.3, -0.25) is 14.6 Å². The Morgan fingerprint density at radius 2 is 1.96 bits per heavy atom. The van der Waals surface area contributed by atoms with Crippen molar-refractivity contribution >= 4 is 43.2 Å². The van der Waals surface area contributed by atoms with Gasteiger partial charge in [-0.1, -0.05) is 11.3 Å². The molecule has 0 spiro atoms. The molecule has 11 heteroatoms. The van der Waals surface area contributed by atoms with Crippen molar-refractivity contribution in [2.45, 2.75) is 11.1 Å². The molecule has 134 valence electrons. The Labute approximate surface area is 156 Å². The average molecular weight is 447 g/mol. The van der Waals surface area contributed by atoms with E-state index in [1.165, 1.54) is 10.5 Å². The zero-order chi connectivity index (χ0) is 18.2. The summed E-state index contributed by atoms with van der Waals surface area (Å²) in [4.78, 5) is 31.5. The van der Waals surface area contributed by atoms with E-state index in [0.29, 0.717) is 27.1 Å². The Balaban J connectivity index is 1.72. The highest BCUT2D eigenvalue weighted by atomic mass is 79.9. The minimum atomic E-state index is -3.73. The van der Waals surface area contributed by atoms with E-state index in [1.807, 2.05) is 0 Å². The van der Waals surface area contributed by atoms with Gasteiger partial charge in [-0.2, -0.15) is 4.31 Å². The summed E-state index contributed by atoms with van der Waals surface area (Å²) < 4.78 is 27.4. The number of hydrogen-bond donors (Lipinski definition) is 1. The number of carbonyl (C=O) groups is 1. The van der Waals surface area contributed by atoms with Gasteiger partial charge in [0.2, 0.25) is 0 Å². The molecule has 0 aromatic carbocycles.